The Bertz CT molecular complexity index is 868. The van der Waals surface area contributed by atoms with Crippen LogP contribution in [0.3, 0.4) is 0 Å². The number of esters is 1. The second kappa shape index (κ2) is 7.33. The molecule has 7 heteroatoms. The monoisotopic (exact) mass is 363 g/mol. The minimum Gasteiger partial charge on any atom is -0.420 e. The number of sulfone groups is 1. The van der Waals surface area contributed by atoms with Gasteiger partial charge in [0, 0.05) is 19.6 Å². The number of hydrogen-bond donors (Lipinski definition) is 0. The number of carbonyl (C=O) groups excluding carboxylic acids is 1. The predicted molar refractivity (Wildman–Crippen MR) is 91.7 cm³/mol. The average molecular weight is 363 g/mol. The first kappa shape index (κ1) is 17.6. The number of rotatable bonds is 4. The van der Waals surface area contributed by atoms with Crippen molar-refractivity contribution in [3.63, 3.8) is 0 Å². The maximum absolute atomic E-state index is 13.6. The molecule has 0 aliphatic carbocycles. The Hall–Kier alpha value is -2.25. The Kier molecular flexibility index (Phi) is 5.15. The Labute approximate surface area is 145 Å². The van der Waals surface area contributed by atoms with Gasteiger partial charge in [0.15, 0.2) is 21.4 Å². The van der Waals surface area contributed by atoms with E-state index in [9.17, 15) is 17.6 Å². The van der Waals surface area contributed by atoms with Crippen LogP contribution in [-0.4, -0.2) is 43.9 Å². The fourth-order valence-corrected chi connectivity index (χ4v) is 3.93. The summed E-state index contributed by atoms with van der Waals surface area (Å²) in [6.45, 7) is 1.51. The number of para-hydroxylation sites is 1. The molecule has 1 heterocycles. The van der Waals surface area contributed by atoms with Gasteiger partial charge in [0.25, 0.3) is 0 Å². The van der Waals surface area contributed by atoms with Crippen LogP contribution in [0.25, 0.3) is 0 Å². The zero-order valence-corrected chi connectivity index (χ0v) is 14.3. The van der Waals surface area contributed by atoms with Gasteiger partial charge < -0.3 is 4.74 Å². The normalized spacial score (nSPS) is 17.2. The number of nitrogens with zero attached hydrogens (tertiary/aromatic N) is 1. The smallest absolute Gasteiger partial charge is 0.343 e. The van der Waals surface area contributed by atoms with Gasteiger partial charge in [0.1, 0.15) is 0 Å². The summed E-state index contributed by atoms with van der Waals surface area (Å²) < 4.78 is 41.6. The fourth-order valence-electron chi connectivity index (χ4n) is 2.65. The maximum Gasteiger partial charge on any atom is 0.343 e. The van der Waals surface area contributed by atoms with Crippen LogP contribution in [0.1, 0.15) is 15.9 Å². The van der Waals surface area contributed by atoms with Crippen LogP contribution in [0.2, 0.25) is 0 Å². The van der Waals surface area contributed by atoms with E-state index in [4.69, 9.17) is 4.74 Å². The molecule has 0 N–H and O–H groups in total. The summed E-state index contributed by atoms with van der Waals surface area (Å²) in [5, 5.41) is 0. The molecule has 1 fully saturated rings. The molecule has 0 atom stereocenters. The van der Waals surface area contributed by atoms with Gasteiger partial charge in [-0.3, -0.25) is 4.90 Å². The molecule has 2 aromatic carbocycles. The molecule has 132 valence electrons. The van der Waals surface area contributed by atoms with Gasteiger partial charge in [0.2, 0.25) is 0 Å². The van der Waals surface area contributed by atoms with Crippen molar-refractivity contribution >= 4 is 15.8 Å². The van der Waals surface area contributed by atoms with Gasteiger partial charge >= 0.3 is 5.97 Å². The van der Waals surface area contributed by atoms with Crippen LogP contribution in [0.15, 0.2) is 48.5 Å². The van der Waals surface area contributed by atoms with Crippen molar-refractivity contribution in [2.45, 2.75) is 6.54 Å². The molecule has 1 saturated heterocycles. The average Bonchev–Trinajstić information content (AvgIpc) is 2.59. The number of benzene rings is 2. The molecule has 0 radical (unpaired) electrons. The van der Waals surface area contributed by atoms with E-state index in [0.717, 1.165) is 5.56 Å². The second-order valence-corrected chi connectivity index (χ2v) is 8.25. The van der Waals surface area contributed by atoms with E-state index in [0.29, 0.717) is 25.2 Å². The molecule has 0 saturated carbocycles. The summed E-state index contributed by atoms with van der Waals surface area (Å²) in [5.74, 6) is -1.03. The van der Waals surface area contributed by atoms with Crippen LogP contribution in [0, 0.1) is 5.82 Å². The lowest BCUT2D eigenvalue weighted by atomic mass is 10.1. The Morgan fingerprint density at radius 3 is 2.52 bits per heavy atom. The number of carbonyl (C=O) groups is 1. The number of hydrogen-bond acceptors (Lipinski definition) is 5. The van der Waals surface area contributed by atoms with Crippen LogP contribution in [-0.2, 0) is 16.4 Å². The number of halogens is 1. The highest BCUT2D eigenvalue weighted by molar-refractivity contribution is 7.91. The lowest BCUT2D eigenvalue weighted by molar-refractivity contribution is 0.0727. The van der Waals surface area contributed by atoms with E-state index in [2.05, 4.69) is 0 Å². The van der Waals surface area contributed by atoms with Crippen molar-refractivity contribution in [1.29, 1.82) is 0 Å². The van der Waals surface area contributed by atoms with Crippen molar-refractivity contribution in [1.82, 2.24) is 4.90 Å². The Morgan fingerprint density at radius 2 is 1.80 bits per heavy atom. The molecule has 1 aliphatic rings. The summed E-state index contributed by atoms with van der Waals surface area (Å²) >= 11 is 0. The molecule has 25 heavy (non-hydrogen) atoms. The molecule has 0 unspecified atom stereocenters. The first-order valence-electron chi connectivity index (χ1n) is 7.91. The standard InChI is InChI=1S/C18H18FNO4S/c19-16-6-1-2-7-17(16)24-18(21)15-5-3-4-14(12-15)13-20-8-10-25(22,23)11-9-20/h1-7,12H,8-11,13H2. The van der Waals surface area contributed by atoms with E-state index < -0.39 is 21.6 Å². The minimum absolute atomic E-state index is 0.112. The van der Waals surface area contributed by atoms with Gasteiger partial charge in [-0.1, -0.05) is 24.3 Å². The highest BCUT2D eigenvalue weighted by atomic mass is 32.2. The molecule has 1 aliphatic heterocycles. The van der Waals surface area contributed by atoms with Crippen LogP contribution in [0.4, 0.5) is 4.39 Å². The van der Waals surface area contributed by atoms with Crippen molar-refractivity contribution in [2.75, 3.05) is 24.6 Å². The van der Waals surface area contributed by atoms with E-state index >= 15 is 0 Å². The van der Waals surface area contributed by atoms with Crippen molar-refractivity contribution in [3.8, 4) is 5.75 Å². The summed E-state index contributed by atoms with van der Waals surface area (Å²) in [7, 11) is -2.92. The van der Waals surface area contributed by atoms with E-state index in [1.54, 1.807) is 24.3 Å². The molecule has 3 rings (SSSR count). The van der Waals surface area contributed by atoms with Crippen LogP contribution < -0.4 is 4.74 Å². The SMILES string of the molecule is O=C(Oc1ccccc1F)c1cccc(CN2CCS(=O)(=O)CC2)c1. The third-order valence-corrected chi connectivity index (χ3v) is 5.65. The molecular formula is C18H18FNO4S. The summed E-state index contributed by atoms with van der Waals surface area (Å²) in [5.41, 5.74) is 1.20. The first-order chi connectivity index (χ1) is 11.9. The summed E-state index contributed by atoms with van der Waals surface area (Å²) in [6.07, 6.45) is 0. The first-order valence-corrected chi connectivity index (χ1v) is 9.73. The summed E-state index contributed by atoms with van der Waals surface area (Å²) in [6, 6.07) is 12.6. The van der Waals surface area contributed by atoms with Crippen LogP contribution in [0.5, 0.6) is 5.75 Å². The zero-order chi connectivity index (χ0) is 17.9. The summed E-state index contributed by atoms with van der Waals surface area (Å²) in [4.78, 5) is 14.2. The Morgan fingerprint density at radius 1 is 1.08 bits per heavy atom. The van der Waals surface area contributed by atoms with Gasteiger partial charge in [-0.15, -0.1) is 0 Å². The number of ether oxygens (including phenoxy) is 1. The molecule has 0 amide bonds. The van der Waals surface area contributed by atoms with E-state index in [1.165, 1.54) is 18.2 Å². The molecule has 0 aromatic heterocycles. The highest BCUT2D eigenvalue weighted by Gasteiger charge is 2.21. The lowest BCUT2D eigenvalue weighted by Gasteiger charge is -2.26. The quantitative estimate of drug-likeness (QED) is 0.616. The third kappa shape index (κ3) is 4.64. The van der Waals surface area contributed by atoms with E-state index in [-0.39, 0.29) is 17.3 Å². The highest BCUT2D eigenvalue weighted by Crippen LogP contribution is 2.18. The predicted octanol–water partition coefficient (Wildman–Crippen LogP) is 2.28. The van der Waals surface area contributed by atoms with Gasteiger partial charge in [-0.2, -0.15) is 0 Å². The largest absolute Gasteiger partial charge is 0.420 e. The zero-order valence-electron chi connectivity index (χ0n) is 13.5. The fraction of sp³-hybridized carbons (Fsp3) is 0.278. The van der Waals surface area contributed by atoms with Crippen molar-refractivity contribution in [2.24, 2.45) is 0 Å². The van der Waals surface area contributed by atoms with Gasteiger partial charge in [0.05, 0.1) is 17.1 Å². The maximum atomic E-state index is 13.6. The lowest BCUT2D eigenvalue weighted by Crippen LogP contribution is -2.39. The van der Waals surface area contributed by atoms with Gasteiger partial charge in [-0.25, -0.2) is 17.6 Å². The van der Waals surface area contributed by atoms with E-state index in [1.807, 2.05) is 11.0 Å². The van der Waals surface area contributed by atoms with Crippen molar-refractivity contribution < 1.29 is 22.3 Å². The minimum atomic E-state index is -2.92. The third-order valence-electron chi connectivity index (χ3n) is 4.05. The second-order valence-electron chi connectivity index (χ2n) is 5.95. The molecule has 2 aromatic rings. The molecular weight excluding hydrogens is 345 g/mol. The molecule has 0 bridgehead atoms. The van der Waals surface area contributed by atoms with Crippen molar-refractivity contribution in [3.05, 3.63) is 65.5 Å². The topological polar surface area (TPSA) is 63.7 Å². The van der Waals surface area contributed by atoms with Gasteiger partial charge in [-0.05, 0) is 29.8 Å². The Balaban J connectivity index is 1.67. The van der Waals surface area contributed by atoms with Crippen LogP contribution >= 0.6 is 0 Å². The molecule has 5 nitrogen and oxygen atoms in total. The molecule has 0 spiro atoms.